The van der Waals surface area contributed by atoms with Crippen LogP contribution in [-0.2, 0) is 6.54 Å². The van der Waals surface area contributed by atoms with E-state index in [0.29, 0.717) is 17.8 Å². The predicted molar refractivity (Wildman–Crippen MR) is 103 cm³/mol. The average molecular weight is 373 g/mol. The van der Waals surface area contributed by atoms with Crippen LogP contribution in [0.3, 0.4) is 0 Å². The van der Waals surface area contributed by atoms with Gasteiger partial charge in [-0.3, -0.25) is 4.90 Å². The molecule has 2 amide bonds. The molecule has 1 aromatic carbocycles. The van der Waals surface area contributed by atoms with Crippen LogP contribution in [-0.4, -0.2) is 29.1 Å². The molecular weight excluding hydrogens is 349 g/mol. The van der Waals surface area contributed by atoms with Gasteiger partial charge in [-0.1, -0.05) is 18.6 Å². The molecule has 2 atom stereocenters. The number of carbonyl (C=O) groups excluding carboxylic acids is 1. The molecule has 4 nitrogen and oxygen atoms in total. The van der Waals surface area contributed by atoms with Gasteiger partial charge in [-0.05, 0) is 55.3 Å². The number of thiophene rings is 1. The molecule has 0 aliphatic carbocycles. The van der Waals surface area contributed by atoms with Crippen LogP contribution >= 0.6 is 11.3 Å². The van der Waals surface area contributed by atoms with Crippen molar-refractivity contribution in [3.8, 4) is 0 Å². The number of hydrogen-bond donors (Lipinski definition) is 2. The number of benzene rings is 1. The van der Waals surface area contributed by atoms with Gasteiger partial charge in [0.15, 0.2) is 0 Å². The van der Waals surface area contributed by atoms with Gasteiger partial charge in [0.1, 0.15) is 5.82 Å². The second-order valence-corrected chi connectivity index (χ2v) is 8.30. The van der Waals surface area contributed by atoms with E-state index in [-0.39, 0.29) is 17.9 Å². The second kappa shape index (κ2) is 7.76. The first kappa shape index (κ1) is 17.5. The largest absolute Gasteiger partial charge is 0.335 e. The molecule has 2 saturated heterocycles. The molecule has 1 aromatic heterocycles. The number of piperidine rings is 2. The van der Waals surface area contributed by atoms with E-state index >= 15 is 0 Å². The minimum absolute atomic E-state index is 0.179. The normalized spacial score (nSPS) is 25.7. The average Bonchev–Trinajstić information content (AvgIpc) is 3.08. The van der Waals surface area contributed by atoms with Crippen molar-refractivity contribution in [2.75, 3.05) is 5.32 Å². The van der Waals surface area contributed by atoms with Gasteiger partial charge >= 0.3 is 6.03 Å². The lowest BCUT2D eigenvalue weighted by atomic mass is 9.81. The first-order chi connectivity index (χ1) is 12.7. The van der Waals surface area contributed by atoms with E-state index in [1.54, 1.807) is 12.1 Å². The fourth-order valence-electron chi connectivity index (χ4n) is 4.36. The Morgan fingerprint density at radius 1 is 1.19 bits per heavy atom. The van der Waals surface area contributed by atoms with Crippen molar-refractivity contribution in [3.05, 3.63) is 52.5 Å². The van der Waals surface area contributed by atoms with Gasteiger partial charge in [-0.25, -0.2) is 9.18 Å². The third kappa shape index (κ3) is 4.07. The van der Waals surface area contributed by atoms with Gasteiger partial charge in [0.2, 0.25) is 0 Å². The number of hydrogen-bond acceptors (Lipinski definition) is 3. The highest BCUT2D eigenvalue weighted by Crippen LogP contribution is 2.35. The molecule has 6 heteroatoms. The zero-order chi connectivity index (χ0) is 17.9. The number of carbonyl (C=O) groups is 1. The van der Waals surface area contributed by atoms with Crippen molar-refractivity contribution in [2.24, 2.45) is 0 Å². The molecule has 2 aromatic rings. The molecule has 0 unspecified atom stereocenters. The van der Waals surface area contributed by atoms with E-state index in [2.05, 4.69) is 33.0 Å². The summed E-state index contributed by atoms with van der Waals surface area (Å²) in [5, 5.41) is 7.97. The molecule has 2 N–H and O–H groups in total. The SMILES string of the molecule is O=C(Nc1cccc(F)c1)NC1C[C@H]2CCC[C@H](C1)N2Cc1cccs1. The standard InChI is InChI=1S/C20H24FN3OS/c21-14-4-1-5-15(10-14)22-20(25)23-16-11-17-6-2-7-18(12-16)24(17)13-19-8-3-9-26-19/h1,3-5,8-10,16-18H,2,6-7,11-13H2,(H2,22,23,25)/t17-,18-/m1/s1. The number of nitrogens with zero attached hydrogens (tertiary/aromatic N) is 1. The first-order valence-electron chi connectivity index (χ1n) is 9.28. The van der Waals surface area contributed by atoms with E-state index in [1.165, 1.54) is 36.3 Å². The molecule has 0 saturated carbocycles. The Kier molecular flexibility index (Phi) is 5.22. The molecule has 0 radical (unpaired) electrons. The highest BCUT2D eigenvalue weighted by molar-refractivity contribution is 7.09. The summed E-state index contributed by atoms with van der Waals surface area (Å²) >= 11 is 1.82. The molecule has 4 rings (SSSR count). The van der Waals surface area contributed by atoms with Crippen LogP contribution in [0.25, 0.3) is 0 Å². The number of rotatable bonds is 4. The van der Waals surface area contributed by atoms with Crippen LogP contribution in [0.5, 0.6) is 0 Å². The number of amides is 2. The van der Waals surface area contributed by atoms with Crippen molar-refractivity contribution < 1.29 is 9.18 Å². The summed E-state index contributed by atoms with van der Waals surface area (Å²) in [6.45, 7) is 1.02. The van der Waals surface area contributed by atoms with Crippen LogP contribution in [0.4, 0.5) is 14.9 Å². The molecule has 26 heavy (non-hydrogen) atoms. The van der Waals surface area contributed by atoms with Gasteiger partial charge in [0, 0.05) is 35.2 Å². The predicted octanol–water partition coefficient (Wildman–Crippen LogP) is 4.59. The quantitative estimate of drug-likeness (QED) is 0.823. The van der Waals surface area contributed by atoms with Gasteiger partial charge in [-0.15, -0.1) is 11.3 Å². The van der Waals surface area contributed by atoms with Gasteiger partial charge in [0.05, 0.1) is 0 Å². The second-order valence-electron chi connectivity index (χ2n) is 7.27. The third-order valence-corrected chi connectivity index (χ3v) is 6.32. The lowest BCUT2D eigenvalue weighted by molar-refractivity contribution is 0.0208. The Balaban J connectivity index is 1.35. The van der Waals surface area contributed by atoms with Crippen LogP contribution in [0.1, 0.15) is 37.0 Å². The Hall–Kier alpha value is -1.92. The number of anilines is 1. The Bertz CT molecular complexity index is 737. The number of fused-ring (bicyclic) bond motifs is 2. The van der Waals surface area contributed by atoms with E-state index in [4.69, 9.17) is 0 Å². The van der Waals surface area contributed by atoms with Crippen LogP contribution in [0.15, 0.2) is 41.8 Å². The lowest BCUT2D eigenvalue weighted by Gasteiger charge is -2.48. The van der Waals surface area contributed by atoms with Crippen LogP contribution < -0.4 is 10.6 Å². The fourth-order valence-corrected chi connectivity index (χ4v) is 5.07. The van der Waals surface area contributed by atoms with E-state index in [9.17, 15) is 9.18 Å². The number of urea groups is 1. The Morgan fingerprint density at radius 2 is 2.00 bits per heavy atom. The number of halogens is 1. The van der Waals surface area contributed by atoms with E-state index < -0.39 is 0 Å². The van der Waals surface area contributed by atoms with E-state index in [0.717, 1.165) is 19.4 Å². The monoisotopic (exact) mass is 373 g/mol. The van der Waals surface area contributed by atoms with Crippen molar-refractivity contribution >= 4 is 23.1 Å². The summed E-state index contributed by atoms with van der Waals surface area (Å²) in [7, 11) is 0. The molecule has 3 heterocycles. The Morgan fingerprint density at radius 3 is 2.69 bits per heavy atom. The van der Waals surface area contributed by atoms with Crippen molar-refractivity contribution in [3.63, 3.8) is 0 Å². The minimum atomic E-state index is -0.348. The summed E-state index contributed by atoms with van der Waals surface area (Å²) in [6.07, 6.45) is 5.65. The van der Waals surface area contributed by atoms with E-state index in [1.807, 2.05) is 11.3 Å². The summed E-state index contributed by atoms with van der Waals surface area (Å²) in [5.74, 6) is -0.348. The van der Waals surface area contributed by atoms with Gasteiger partial charge < -0.3 is 10.6 Å². The highest BCUT2D eigenvalue weighted by Gasteiger charge is 2.38. The molecule has 2 aliphatic heterocycles. The maximum Gasteiger partial charge on any atom is 0.319 e. The zero-order valence-electron chi connectivity index (χ0n) is 14.7. The summed E-state index contributed by atoms with van der Waals surface area (Å²) in [5.41, 5.74) is 0.484. The summed E-state index contributed by atoms with van der Waals surface area (Å²) in [4.78, 5) is 16.3. The molecule has 0 spiro atoms. The van der Waals surface area contributed by atoms with Gasteiger partial charge in [-0.2, -0.15) is 0 Å². The molecule has 2 bridgehead atoms. The van der Waals surface area contributed by atoms with Crippen molar-refractivity contribution in [1.29, 1.82) is 0 Å². The fraction of sp³-hybridized carbons (Fsp3) is 0.450. The zero-order valence-corrected chi connectivity index (χ0v) is 15.5. The molecular formula is C20H24FN3OS. The van der Waals surface area contributed by atoms with Crippen molar-refractivity contribution in [2.45, 2.75) is 56.8 Å². The maximum atomic E-state index is 13.3. The van der Waals surface area contributed by atoms with Crippen LogP contribution in [0, 0.1) is 5.82 Å². The Labute approximate surface area is 157 Å². The summed E-state index contributed by atoms with van der Waals surface area (Å²) in [6, 6.07) is 11.3. The van der Waals surface area contributed by atoms with Crippen LogP contribution in [0.2, 0.25) is 0 Å². The highest BCUT2D eigenvalue weighted by atomic mass is 32.1. The molecule has 2 fully saturated rings. The lowest BCUT2D eigenvalue weighted by Crippen LogP contribution is -2.56. The third-order valence-electron chi connectivity index (χ3n) is 5.46. The maximum absolute atomic E-state index is 13.3. The summed E-state index contributed by atoms with van der Waals surface area (Å²) < 4.78 is 13.3. The topological polar surface area (TPSA) is 44.4 Å². The van der Waals surface area contributed by atoms with Crippen molar-refractivity contribution in [1.82, 2.24) is 10.2 Å². The smallest absolute Gasteiger partial charge is 0.319 e. The minimum Gasteiger partial charge on any atom is -0.335 e. The van der Waals surface area contributed by atoms with Gasteiger partial charge in [0.25, 0.3) is 0 Å². The first-order valence-corrected chi connectivity index (χ1v) is 10.2. The molecule has 2 aliphatic rings. The number of nitrogens with one attached hydrogen (secondary N) is 2. The molecule has 138 valence electrons.